The minimum atomic E-state index is -0.364. The molecule has 0 bridgehead atoms. The molecular formula is C15H23N3O2. The molecule has 1 aliphatic heterocycles. The van der Waals surface area contributed by atoms with Crippen molar-refractivity contribution >= 4 is 17.3 Å². The first-order valence-corrected chi connectivity index (χ1v) is 7.03. The topological polar surface area (TPSA) is 67.6 Å². The number of nitrogens with two attached hydrogens (primary N) is 1. The number of hydrogen-bond donors (Lipinski definition) is 2. The molecule has 2 rings (SSSR count). The molecule has 0 saturated carbocycles. The van der Waals surface area contributed by atoms with Gasteiger partial charge in [-0.15, -0.1) is 0 Å². The normalized spacial score (nSPS) is 19.6. The molecule has 1 heterocycles. The van der Waals surface area contributed by atoms with E-state index in [-0.39, 0.29) is 5.97 Å². The van der Waals surface area contributed by atoms with Gasteiger partial charge in [-0.1, -0.05) is 6.42 Å². The third kappa shape index (κ3) is 3.42. The molecule has 0 radical (unpaired) electrons. The Bertz CT molecular complexity index is 476. The molecule has 0 amide bonds. The van der Waals surface area contributed by atoms with E-state index in [2.05, 4.69) is 17.3 Å². The fourth-order valence-corrected chi connectivity index (χ4v) is 2.62. The Balaban J connectivity index is 2.06. The lowest BCUT2D eigenvalue weighted by Gasteiger charge is -2.32. The first kappa shape index (κ1) is 14.7. The molecule has 1 aliphatic rings. The molecule has 0 aliphatic carbocycles. The minimum Gasteiger partial charge on any atom is -0.465 e. The number of anilines is 2. The summed E-state index contributed by atoms with van der Waals surface area (Å²) in [5.41, 5.74) is 7.57. The number of carbonyl (C=O) groups excluding carboxylic acids is 1. The van der Waals surface area contributed by atoms with Crippen LogP contribution in [-0.2, 0) is 4.74 Å². The predicted octanol–water partition coefficient (Wildman–Crippen LogP) is 1.95. The summed E-state index contributed by atoms with van der Waals surface area (Å²) in [7, 11) is 3.53. The number of nitrogens with one attached hydrogen (secondary N) is 1. The Morgan fingerprint density at radius 1 is 1.50 bits per heavy atom. The van der Waals surface area contributed by atoms with Gasteiger partial charge in [-0.2, -0.15) is 0 Å². The number of nitrogens with zero attached hydrogens (tertiary/aromatic N) is 1. The van der Waals surface area contributed by atoms with Gasteiger partial charge in [0, 0.05) is 24.0 Å². The molecule has 0 spiro atoms. The summed E-state index contributed by atoms with van der Waals surface area (Å²) in [4.78, 5) is 14.1. The molecule has 1 saturated heterocycles. The molecule has 110 valence electrons. The van der Waals surface area contributed by atoms with Crippen LogP contribution in [0.3, 0.4) is 0 Å². The smallest absolute Gasteiger partial charge is 0.340 e. The van der Waals surface area contributed by atoms with Crippen LogP contribution in [0.4, 0.5) is 11.4 Å². The summed E-state index contributed by atoms with van der Waals surface area (Å²) >= 11 is 0. The maximum absolute atomic E-state index is 11.8. The molecule has 5 heteroatoms. The number of likely N-dealkylation sites (tertiary alicyclic amines) is 1. The molecular weight excluding hydrogens is 254 g/mol. The summed E-state index contributed by atoms with van der Waals surface area (Å²) in [5, 5.41) is 3.36. The Morgan fingerprint density at radius 2 is 2.30 bits per heavy atom. The average Bonchev–Trinajstić information content (AvgIpc) is 2.46. The van der Waals surface area contributed by atoms with E-state index in [1.165, 1.54) is 26.4 Å². The Hall–Kier alpha value is -1.75. The molecule has 3 N–H and O–H groups in total. The maximum Gasteiger partial charge on any atom is 0.340 e. The Morgan fingerprint density at radius 3 is 3.00 bits per heavy atom. The van der Waals surface area contributed by atoms with Crippen LogP contribution in [0, 0.1) is 0 Å². The lowest BCUT2D eigenvalue weighted by atomic mass is 10.0. The molecule has 1 unspecified atom stereocenters. The van der Waals surface area contributed by atoms with E-state index in [9.17, 15) is 4.79 Å². The van der Waals surface area contributed by atoms with Gasteiger partial charge in [-0.3, -0.25) is 0 Å². The van der Waals surface area contributed by atoms with E-state index in [0.717, 1.165) is 18.8 Å². The molecule has 20 heavy (non-hydrogen) atoms. The van der Waals surface area contributed by atoms with Gasteiger partial charge >= 0.3 is 5.97 Å². The highest BCUT2D eigenvalue weighted by atomic mass is 16.5. The third-order valence-electron chi connectivity index (χ3n) is 3.90. The summed E-state index contributed by atoms with van der Waals surface area (Å²) < 4.78 is 4.80. The van der Waals surface area contributed by atoms with E-state index < -0.39 is 0 Å². The van der Waals surface area contributed by atoms with Crippen molar-refractivity contribution in [3.05, 3.63) is 23.8 Å². The summed E-state index contributed by atoms with van der Waals surface area (Å²) in [5.74, 6) is -0.364. The number of nitrogen functional groups attached to an aromatic ring is 1. The van der Waals surface area contributed by atoms with E-state index >= 15 is 0 Å². The third-order valence-corrected chi connectivity index (χ3v) is 3.90. The van der Waals surface area contributed by atoms with Gasteiger partial charge < -0.3 is 20.7 Å². The number of esters is 1. The second-order valence-corrected chi connectivity index (χ2v) is 5.31. The molecule has 1 fully saturated rings. The van der Waals surface area contributed by atoms with Crippen LogP contribution in [0.5, 0.6) is 0 Å². The van der Waals surface area contributed by atoms with Crippen LogP contribution in [0.1, 0.15) is 29.6 Å². The number of rotatable bonds is 4. The molecule has 0 aromatic heterocycles. The summed E-state index contributed by atoms with van der Waals surface area (Å²) in [6.07, 6.45) is 3.72. The van der Waals surface area contributed by atoms with Crippen molar-refractivity contribution in [1.29, 1.82) is 0 Å². The number of piperidine rings is 1. The van der Waals surface area contributed by atoms with E-state index in [1.54, 1.807) is 12.1 Å². The van der Waals surface area contributed by atoms with Crippen molar-refractivity contribution in [3.63, 3.8) is 0 Å². The van der Waals surface area contributed by atoms with E-state index in [4.69, 9.17) is 10.5 Å². The molecule has 5 nitrogen and oxygen atoms in total. The average molecular weight is 277 g/mol. The van der Waals surface area contributed by atoms with Crippen molar-refractivity contribution in [2.24, 2.45) is 0 Å². The van der Waals surface area contributed by atoms with Crippen molar-refractivity contribution in [2.45, 2.75) is 25.3 Å². The van der Waals surface area contributed by atoms with Crippen LogP contribution in [-0.4, -0.2) is 44.2 Å². The van der Waals surface area contributed by atoms with Crippen LogP contribution in [0.2, 0.25) is 0 Å². The van der Waals surface area contributed by atoms with Crippen LogP contribution in [0.25, 0.3) is 0 Å². The fourth-order valence-electron chi connectivity index (χ4n) is 2.62. The first-order valence-electron chi connectivity index (χ1n) is 7.03. The van der Waals surface area contributed by atoms with Crippen molar-refractivity contribution in [3.8, 4) is 0 Å². The molecule has 1 aromatic carbocycles. The lowest BCUT2D eigenvalue weighted by Crippen LogP contribution is -2.40. The zero-order valence-corrected chi connectivity index (χ0v) is 12.2. The number of likely N-dealkylation sites (N-methyl/N-ethyl adjacent to an activating group) is 1. The number of ether oxygens (including phenoxy) is 1. The summed E-state index contributed by atoms with van der Waals surface area (Å²) in [6.45, 7) is 1.96. The standard InChI is InChI=1S/C15H23N3O2/c1-18-8-4-3-5-12(18)10-17-14-7-6-11(16)9-13(14)15(19)20-2/h6-7,9,12,17H,3-5,8,10,16H2,1-2H3. The zero-order chi connectivity index (χ0) is 14.5. The van der Waals surface area contributed by atoms with E-state index in [0.29, 0.717) is 17.3 Å². The van der Waals surface area contributed by atoms with Crippen LogP contribution >= 0.6 is 0 Å². The zero-order valence-electron chi connectivity index (χ0n) is 12.2. The largest absolute Gasteiger partial charge is 0.465 e. The molecule has 1 atom stereocenters. The van der Waals surface area contributed by atoms with Crippen molar-refractivity contribution in [2.75, 3.05) is 38.3 Å². The van der Waals surface area contributed by atoms with Gasteiger partial charge in [0.05, 0.1) is 12.7 Å². The predicted molar refractivity (Wildman–Crippen MR) is 81.0 cm³/mol. The van der Waals surface area contributed by atoms with Crippen LogP contribution < -0.4 is 11.1 Å². The van der Waals surface area contributed by atoms with Crippen LogP contribution in [0.15, 0.2) is 18.2 Å². The number of methoxy groups -OCH3 is 1. The number of hydrogen-bond acceptors (Lipinski definition) is 5. The highest BCUT2D eigenvalue weighted by molar-refractivity contribution is 5.96. The monoisotopic (exact) mass is 277 g/mol. The number of carbonyl (C=O) groups is 1. The van der Waals surface area contributed by atoms with Gasteiger partial charge in [0.2, 0.25) is 0 Å². The van der Waals surface area contributed by atoms with E-state index in [1.807, 2.05) is 6.07 Å². The Kier molecular flexibility index (Phi) is 4.84. The molecule has 1 aromatic rings. The number of benzene rings is 1. The summed E-state index contributed by atoms with van der Waals surface area (Å²) in [6, 6.07) is 5.79. The van der Waals surface area contributed by atoms with Crippen molar-refractivity contribution < 1.29 is 9.53 Å². The lowest BCUT2D eigenvalue weighted by molar-refractivity contribution is 0.0602. The van der Waals surface area contributed by atoms with Crippen molar-refractivity contribution in [1.82, 2.24) is 4.90 Å². The van der Waals surface area contributed by atoms with Gasteiger partial charge in [-0.05, 0) is 44.6 Å². The second kappa shape index (κ2) is 6.61. The van der Waals surface area contributed by atoms with Gasteiger partial charge in [0.15, 0.2) is 0 Å². The SMILES string of the molecule is COC(=O)c1cc(N)ccc1NCC1CCCCN1C. The maximum atomic E-state index is 11.8. The quantitative estimate of drug-likeness (QED) is 0.650. The highest BCUT2D eigenvalue weighted by Crippen LogP contribution is 2.21. The Labute approximate surface area is 120 Å². The first-order chi connectivity index (χ1) is 9.61. The van der Waals surface area contributed by atoms with Gasteiger partial charge in [-0.25, -0.2) is 4.79 Å². The fraction of sp³-hybridized carbons (Fsp3) is 0.533. The van der Waals surface area contributed by atoms with Gasteiger partial charge in [0.1, 0.15) is 0 Å². The highest BCUT2D eigenvalue weighted by Gasteiger charge is 2.19. The second-order valence-electron chi connectivity index (χ2n) is 5.31. The van der Waals surface area contributed by atoms with Gasteiger partial charge in [0.25, 0.3) is 0 Å². The minimum absolute atomic E-state index is 0.364.